The summed E-state index contributed by atoms with van der Waals surface area (Å²) in [6.07, 6.45) is -4.67. The highest BCUT2D eigenvalue weighted by Gasteiger charge is 2.42. The van der Waals surface area contributed by atoms with E-state index >= 15 is 0 Å². The first-order chi connectivity index (χ1) is 15.0. The summed E-state index contributed by atoms with van der Waals surface area (Å²) in [4.78, 5) is 17.8. The molecule has 32 heavy (non-hydrogen) atoms. The monoisotopic (exact) mass is 470 g/mol. The van der Waals surface area contributed by atoms with Gasteiger partial charge < -0.3 is 14.9 Å². The lowest BCUT2D eigenvalue weighted by molar-refractivity contribution is -0.137. The van der Waals surface area contributed by atoms with Gasteiger partial charge in [0.1, 0.15) is 5.82 Å². The average Bonchev–Trinajstić information content (AvgIpc) is 3.08. The molecule has 1 saturated heterocycles. The Kier molecular flexibility index (Phi) is 5.67. The molecule has 0 radical (unpaired) electrons. The second-order valence-electron chi connectivity index (χ2n) is 8.09. The number of benzene rings is 2. The Morgan fingerprint density at radius 3 is 2.56 bits per heavy atom. The van der Waals surface area contributed by atoms with Gasteiger partial charge in [0.25, 0.3) is 5.91 Å². The van der Waals surface area contributed by atoms with Crippen LogP contribution in [0.3, 0.4) is 0 Å². The Bertz CT molecular complexity index is 1120. The number of ether oxygens (including phenoxy) is 1. The second kappa shape index (κ2) is 8.04. The molecule has 1 atom stereocenters. The van der Waals surface area contributed by atoms with Gasteiger partial charge in [0.05, 0.1) is 35.6 Å². The summed E-state index contributed by atoms with van der Waals surface area (Å²) in [6, 6.07) is 6.27. The van der Waals surface area contributed by atoms with E-state index < -0.39 is 28.2 Å². The van der Waals surface area contributed by atoms with Crippen molar-refractivity contribution in [3.8, 4) is 0 Å². The minimum atomic E-state index is -4.69. The molecule has 0 saturated carbocycles. The van der Waals surface area contributed by atoms with Crippen LogP contribution >= 0.6 is 11.6 Å². The summed E-state index contributed by atoms with van der Waals surface area (Å²) in [5.41, 5.74) is -0.662. The quantitative estimate of drug-likeness (QED) is 0.641. The number of carbonyl (C=O) groups is 1. The Balaban J connectivity index is 1.57. The molecule has 2 aromatic carbocycles. The fourth-order valence-corrected chi connectivity index (χ4v) is 3.88. The third-order valence-electron chi connectivity index (χ3n) is 5.56. The van der Waals surface area contributed by atoms with Crippen molar-refractivity contribution < 1.29 is 31.9 Å². The van der Waals surface area contributed by atoms with Gasteiger partial charge in [-0.25, -0.2) is 4.39 Å². The van der Waals surface area contributed by atoms with Crippen LogP contribution < -0.4 is 5.32 Å². The number of hydrogen-bond acceptors (Lipinski definition) is 4. The maximum Gasteiger partial charge on any atom is 0.416 e. The highest BCUT2D eigenvalue weighted by atomic mass is 35.5. The summed E-state index contributed by atoms with van der Waals surface area (Å²) in [5.74, 6) is -1.21. The molecular formula is C22H19ClF4N2O3. The Morgan fingerprint density at radius 2 is 1.97 bits per heavy atom. The van der Waals surface area contributed by atoms with Crippen LogP contribution in [-0.4, -0.2) is 30.9 Å². The first kappa shape index (κ1) is 22.5. The minimum Gasteiger partial charge on any atom is -0.384 e. The van der Waals surface area contributed by atoms with Gasteiger partial charge >= 0.3 is 6.18 Å². The van der Waals surface area contributed by atoms with Gasteiger partial charge in [-0.15, -0.1) is 0 Å². The van der Waals surface area contributed by atoms with Crippen LogP contribution in [0.4, 0.5) is 17.6 Å². The van der Waals surface area contributed by atoms with Crippen molar-refractivity contribution in [2.24, 2.45) is 5.16 Å². The molecule has 10 heteroatoms. The van der Waals surface area contributed by atoms with E-state index in [-0.39, 0.29) is 23.9 Å². The van der Waals surface area contributed by atoms with E-state index in [1.807, 2.05) is 0 Å². The van der Waals surface area contributed by atoms with E-state index in [4.69, 9.17) is 21.2 Å². The Labute approximate surface area is 186 Å². The van der Waals surface area contributed by atoms with Gasteiger partial charge in [-0.1, -0.05) is 22.8 Å². The molecule has 2 aromatic rings. The number of hydrogen-bond donors (Lipinski definition) is 1. The van der Waals surface area contributed by atoms with Gasteiger partial charge in [-0.2, -0.15) is 13.2 Å². The first-order valence-corrected chi connectivity index (χ1v) is 10.2. The maximum absolute atomic E-state index is 14.7. The van der Waals surface area contributed by atoms with E-state index in [2.05, 4.69) is 10.5 Å². The molecular weight excluding hydrogens is 452 g/mol. The Morgan fingerprint density at radius 1 is 1.25 bits per heavy atom. The number of nitrogens with one attached hydrogen (secondary N) is 1. The Hall–Kier alpha value is -2.65. The van der Waals surface area contributed by atoms with Crippen LogP contribution in [0.15, 0.2) is 35.5 Å². The third-order valence-corrected chi connectivity index (χ3v) is 5.84. The number of amides is 1. The molecule has 1 fully saturated rings. The molecule has 170 valence electrons. The van der Waals surface area contributed by atoms with Crippen LogP contribution in [0.1, 0.15) is 46.0 Å². The molecule has 1 unspecified atom stereocenters. The summed E-state index contributed by atoms with van der Waals surface area (Å²) in [6.45, 7) is 4.17. The summed E-state index contributed by atoms with van der Waals surface area (Å²) in [7, 11) is 0. The second-order valence-corrected chi connectivity index (χ2v) is 8.50. The number of carbonyl (C=O) groups excluding carboxylic acids is 1. The third kappa shape index (κ3) is 4.19. The molecule has 0 aromatic heterocycles. The largest absolute Gasteiger partial charge is 0.416 e. The molecule has 0 spiro atoms. The number of nitrogens with zero attached hydrogens (tertiary/aromatic N) is 1. The smallest absolute Gasteiger partial charge is 0.384 e. The zero-order valence-corrected chi connectivity index (χ0v) is 17.9. The fraction of sp³-hybridized carbons (Fsp3) is 0.364. The van der Waals surface area contributed by atoms with Crippen LogP contribution in [0.2, 0.25) is 5.02 Å². The number of halogens is 5. The van der Waals surface area contributed by atoms with Crippen molar-refractivity contribution >= 4 is 23.2 Å². The molecule has 1 N–H and O–H groups in total. The van der Waals surface area contributed by atoms with Crippen LogP contribution in [0.5, 0.6) is 0 Å². The fourth-order valence-electron chi connectivity index (χ4n) is 3.66. The van der Waals surface area contributed by atoms with Crippen molar-refractivity contribution in [2.75, 3.05) is 13.2 Å². The number of alkyl halides is 3. The number of rotatable bonds is 4. The van der Waals surface area contributed by atoms with Gasteiger partial charge in [0.15, 0.2) is 5.60 Å². The maximum atomic E-state index is 14.7. The lowest BCUT2D eigenvalue weighted by atomic mass is 9.87. The van der Waals surface area contributed by atoms with Gasteiger partial charge in [0, 0.05) is 17.5 Å². The highest BCUT2D eigenvalue weighted by molar-refractivity contribution is 6.30. The molecule has 0 bridgehead atoms. The molecule has 0 aliphatic carbocycles. The van der Waals surface area contributed by atoms with Crippen molar-refractivity contribution in [2.45, 2.75) is 38.1 Å². The van der Waals surface area contributed by atoms with Crippen molar-refractivity contribution in [1.29, 1.82) is 0 Å². The zero-order chi connectivity index (χ0) is 23.3. The number of aryl methyl sites for hydroxylation is 1. The van der Waals surface area contributed by atoms with Crippen molar-refractivity contribution in [3.05, 3.63) is 69.0 Å². The molecule has 2 heterocycles. The van der Waals surface area contributed by atoms with E-state index in [1.54, 1.807) is 25.1 Å². The number of oxime groups is 1. The first-order valence-electron chi connectivity index (χ1n) is 9.79. The lowest BCUT2D eigenvalue weighted by Crippen LogP contribution is -2.48. The molecule has 2 aliphatic rings. The van der Waals surface area contributed by atoms with E-state index in [0.29, 0.717) is 47.7 Å². The van der Waals surface area contributed by atoms with Crippen molar-refractivity contribution in [3.63, 3.8) is 0 Å². The van der Waals surface area contributed by atoms with E-state index in [9.17, 15) is 22.4 Å². The molecule has 2 aliphatic heterocycles. The van der Waals surface area contributed by atoms with Gasteiger partial charge in [-0.05, 0) is 49.2 Å². The van der Waals surface area contributed by atoms with Crippen LogP contribution in [0.25, 0.3) is 0 Å². The lowest BCUT2D eigenvalue weighted by Gasteiger charge is -2.27. The topological polar surface area (TPSA) is 59.9 Å². The predicted molar refractivity (Wildman–Crippen MR) is 109 cm³/mol. The van der Waals surface area contributed by atoms with Gasteiger partial charge in [-0.3, -0.25) is 4.79 Å². The highest BCUT2D eigenvalue weighted by Crippen LogP contribution is 2.42. The standard InChI is InChI=1S/C22H19ClF4N2O3/c1-11-5-12(3-4-15(11)20(30)28-14-9-31-10-14)18-8-21(2,32-29-18)16-6-13(22(25,26)27)7-17(23)19(16)24/h3-7,14H,8-10H2,1-2H3,(H,28,30). The minimum absolute atomic E-state index is 0.0101. The average molecular weight is 471 g/mol. The molecule has 4 rings (SSSR count). The normalized spacial score (nSPS) is 21.0. The SMILES string of the molecule is Cc1cc(C2=NOC(C)(c3cc(C(F)(F)F)cc(Cl)c3F)C2)ccc1C(=O)NC1COC1. The predicted octanol–water partition coefficient (Wildman–Crippen LogP) is 4.97. The van der Waals surface area contributed by atoms with Crippen LogP contribution in [-0.2, 0) is 21.4 Å². The van der Waals surface area contributed by atoms with E-state index in [0.717, 1.165) is 0 Å². The summed E-state index contributed by atoms with van der Waals surface area (Å²) < 4.78 is 59.3. The molecule has 1 amide bonds. The van der Waals surface area contributed by atoms with Gasteiger partial charge in [0.2, 0.25) is 0 Å². The van der Waals surface area contributed by atoms with E-state index in [1.165, 1.54) is 6.92 Å². The molecule has 5 nitrogen and oxygen atoms in total. The summed E-state index contributed by atoms with van der Waals surface area (Å²) in [5, 5.41) is 6.21. The van der Waals surface area contributed by atoms with Crippen LogP contribution in [0, 0.1) is 12.7 Å². The summed E-state index contributed by atoms with van der Waals surface area (Å²) >= 11 is 5.72. The zero-order valence-electron chi connectivity index (χ0n) is 17.1. The van der Waals surface area contributed by atoms with Crippen molar-refractivity contribution in [1.82, 2.24) is 5.32 Å².